The van der Waals surface area contributed by atoms with Gasteiger partial charge in [0.2, 0.25) is 23.6 Å². The molecule has 440 valence electrons. The molecule has 4 aromatic carbocycles. The number of rotatable bonds is 36. The summed E-state index contributed by atoms with van der Waals surface area (Å²) < 4.78 is 5.78. The minimum absolute atomic E-state index is 0.0196. The molecule has 1 aliphatic carbocycles. The predicted octanol–water partition coefficient (Wildman–Crippen LogP) is 7.61. The van der Waals surface area contributed by atoms with Gasteiger partial charge in [-0.05, 0) is 90.9 Å². The largest absolute Gasteiger partial charge is 0.449 e. The van der Waals surface area contributed by atoms with Crippen molar-refractivity contribution in [3.63, 3.8) is 0 Å². The summed E-state index contributed by atoms with van der Waals surface area (Å²) in [6.45, 7) is 10.0. The van der Waals surface area contributed by atoms with Crippen LogP contribution in [0.1, 0.15) is 127 Å². The molecule has 5 amide bonds. The molecule has 0 fully saturated rings. The van der Waals surface area contributed by atoms with Crippen molar-refractivity contribution in [2.24, 2.45) is 23.7 Å². The lowest BCUT2D eigenvalue weighted by Crippen LogP contribution is -2.45. The van der Waals surface area contributed by atoms with Crippen molar-refractivity contribution in [1.29, 1.82) is 0 Å². The molecule has 5 N–H and O–H groups in total. The van der Waals surface area contributed by atoms with Gasteiger partial charge in [-0.3, -0.25) is 47.9 Å². The van der Waals surface area contributed by atoms with Gasteiger partial charge in [-0.25, -0.2) is 4.79 Å². The van der Waals surface area contributed by atoms with E-state index in [1.807, 2.05) is 88.4 Å². The van der Waals surface area contributed by atoms with Crippen LogP contribution in [0.5, 0.6) is 0 Å². The van der Waals surface area contributed by atoms with Crippen molar-refractivity contribution in [2.75, 3.05) is 26.4 Å². The topological polar surface area (TPSA) is 257 Å². The van der Waals surface area contributed by atoms with Crippen LogP contribution >= 0.6 is 7.80 Å². The summed E-state index contributed by atoms with van der Waals surface area (Å²) in [4.78, 5) is 147. The third-order valence-electron chi connectivity index (χ3n) is 14.4. The molecule has 6 atom stereocenters. The standard InChI is InChI=1S/C64H79BN5O12P/c1-40(2)31-45(62(79)66-37-42(5)71)35-57(74)55(34-44-19-11-8-12-20-44)69-60(77)30-28-56(73)53(70-64(81)82-39-52-50-23-15-13-21-48(50)49-22-14-16-24-51(49)52)27-25-47(72)26-29-59(76)68-54(33-43-17-9-7-10-18-43)58(75)36-46(32-41(3)4)63(80)67-38-61(78)83(6)65/h7-24,40-41,45-46,52-55H,25-39H2,1-6H3,(H,66,79)(H,67,80)(H,68,76)(H,69,77)(H,70,81). The Morgan fingerprint density at radius 3 is 1.43 bits per heavy atom. The minimum atomic E-state index is -1.42. The molecule has 0 spiro atoms. The number of hydrogen-bond donors (Lipinski definition) is 5. The van der Waals surface area contributed by atoms with Gasteiger partial charge >= 0.3 is 6.09 Å². The number of carbonyl (C=O) groups excluding carboxylic acids is 11. The molecule has 83 heavy (non-hydrogen) atoms. The summed E-state index contributed by atoms with van der Waals surface area (Å²) in [5.74, 6) is -6.09. The van der Waals surface area contributed by atoms with Gasteiger partial charge in [0.1, 0.15) is 25.7 Å². The molecule has 0 heterocycles. The van der Waals surface area contributed by atoms with E-state index in [9.17, 15) is 52.7 Å². The molecule has 0 aromatic heterocycles. The highest BCUT2D eigenvalue weighted by Crippen LogP contribution is 2.44. The number of Topliss-reactive ketones (excluding diaryl/α,β-unsaturated/α-hetero) is 5. The lowest BCUT2D eigenvalue weighted by molar-refractivity contribution is -0.133. The second-order valence-corrected chi connectivity index (χ2v) is 24.0. The smallest absolute Gasteiger partial charge is 0.407 e. The number of benzene rings is 4. The molecule has 1 aliphatic rings. The van der Waals surface area contributed by atoms with E-state index in [1.165, 1.54) is 6.92 Å². The van der Waals surface area contributed by atoms with Gasteiger partial charge in [0, 0.05) is 62.7 Å². The first-order valence-electron chi connectivity index (χ1n) is 28.5. The Kier molecular flexibility index (Phi) is 26.9. The molecule has 0 bridgehead atoms. The Hall–Kier alpha value is -7.46. The van der Waals surface area contributed by atoms with E-state index in [1.54, 1.807) is 55.2 Å². The van der Waals surface area contributed by atoms with Gasteiger partial charge in [-0.2, -0.15) is 0 Å². The van der Waals surface area contributed by atoms with E-state index in [0.29, 0.717) is 12.8 Å². The van der Waals surface area contributed by atoms with E-state index < -0.39 is 103 Å². The van der Waals surface area contributed by atoms with Crippen LogP contribution in [-0.4, -0.2) is 116 Å². The van der Waals surface area contributed by atoms with Gasteiger partial charge in [0.25, 0.3) is 0 Å². The quantitative estimate of drug-likeness (QED) is 0.0218. The third kappa shape index (κ3) is 22.3. The highest BCUT2D eigenvalue weighted by Gasteiger charge is 2.33. The fourth-order valence-corrected chi connectivity index (χ4v) is 10.5. The van der Waals surface area contributed by atoms with Crippen molar-refractivity contribution in [3.8, 4) is 11.1 Å². The molecule has 5 rings (SSSR count). The number of ketones is 5. The summed E-state index contributed by atoms with van der Waals surface area (Å²) in [5, 5.41) is 13.4. The number of fused-ring (bicyclic) bond motifs is 3. The van der Waals surface area contributed by atoms with E-state index in [4.69, 9.17) is 12.3 Å². The Bertz CT molecular complexity index is 2870. The van der Waals surface area contributed by atoms with Crippen LogP contribution in [0.15, 0.2) is 109 Å². The molecule has 19 heteroatoms. The first-order valence-corrected chi connectivity index (χ1v) is 30.4. The molecule has 2 radical (unpaired) electrons. The molecule has 0 saturated carbocycles. The second-order valence-electron chi connectivity index (χ2n) is 22.3. The molecule has 17 nitrogen and oxygen atoms in total. The Balaban J connectivity index is 1.27. The second kappa shape index (κ2) is 33.6. The maximum absolute atomic E-state index is 14.2. The zero-order valence-electron chi connectivity index (χ0n) is 48.5. The zero-order valence-corrected chi connectivity index (χ0v) is 49.4. The van der Waals surface area contributed by atoms with Crippen LogP contribution in [0.25, 0.3) is 11.1 Å². The van der Waals surface area contributed by atoms with Gasteiger partial charge in [0.05, 0.1) is 31.2 Å². The molecule has 6 unspecified atom stereocenters. The van der Waals surface area contributed by atoms with Gasteiger partial charge in [-0.15, -0.1) is 0 Å². The fourth-order valence-electron chi connectivity index (χ4n) is 10.2. The Morgan fingerprint density at radius 1 is 0.530 bits per heavy atom. The summed E-state index contributed by atoms with van der Waals surface area (Å²) in [7, 11) is 4.33. The SMILES string of the molecule is [B]P(C)C(=O)CNC(=O)C(CC(=O)C(Cc1ccccc1)NC(=O)CCC(=O)CCC(NC(=O)OCC1c2ccccc2-c2ccccc21)C(=O)CCC(=O)NC(Cc1ccccc1)C(=O)CC(CC(C)C)C(=O)NCC(C)=O)CC(C)C. The van der Waals surface area contributed by atoms with Crippen molar-refractivity contribution in [1.82, 2.24) is 26.6 Å². The zero-order chi connectivity index (χ0) is 60.6. The van der Waals surface area contributed by atoms with Gasteiger partial charge < -0.3 is 31.3 Å². The monoisotopic (exact) mass is 1150 g/mol. The first kappa shape index (κ1) is 66.3. The highest BCUT2D eigenvalue weighted by molar-refractivity contribution is 7.94. The maximum atomic E-state index is 14.2. The molecule has 0 aliphatic heterocycles. The van der Waals surface area contributed by atoms with Gasteiger partial charge in [0.15, 0.2) is 22.9 Å². The summed E-state index contributed by atoms with van der Waals surface area (Å²) in [6.07, 6.45) is -2.37. The normalized spacial score (nSPS) is 13.9. The summed E-state index contributed by atoms with van der Waals surface area (Å²) in [5.41, 5.74) is 5.13. The number of carbonyl (C=O) groups is 11. The number of nitrogens with one attached hydrogen (secondary N) is 5. The molecule has 4 aromatic rings. The van der Waals surface area contributed by atoms with Crippen molar-refractivity contribution < 1.29 is 57.5 Å². The van der Waals surface area contributed by atoms with Crippen molar-refractivity contribution in [3.05, 3.63) is 131 Å². The van der Waals surface area contributed by atoms with Crippen LogP contribution < -0.4 is 26.6 Å². The summed E-state index contributed by atoms with van der Waals surface area (Å²) >= 11 is 0. The van der Waals surface area contributed by atoms with Gasteiger partial charge in [-0.1, -0.05) is 145 Å². The van der Waals surface area contributed by atoms with Crippen LogP contribution in [0.4, 0.5) is 4.79 Å². The summed E-state index contributed by atoms with van der Waals surface area (Å²) in [6, 6.07) is 30.1. The van der Waals surface area contributed by atoms with E-state index in [0.717, 1.165) is 33.4 Å². The lowest BCUT2D eigenvalue weighted by Gasteiger charge is -2.23. The van der Waals surface area contributed by atoms with Crippen molar-refractivity contribution >= 4 is 79.5 Å². The number of ether oxygens (including phenoxy) is 1. The number of amides is 5. The number of alkyl carbamates (subject to hydrolysis) is 1. The predicted molar refractivity (Wildman–Crippen MR) is 319 cm³/mol. The average Bonchev–Trinajstić information content (AvgIpc) is 2.55. The fraction of sp³-hybridized carbons (Fsp3) is 0.453. The van der Waals surface area contributed by atoms with Crippen LogP contribution in [0, 0.1) is 23.7 Å². The third-order valence-corrected chi connectivity index (χ3v) is 15.4. The first-order chi connectivity index (χ1) is 39.6. The molecule has 0 saturated heterocycles. The van der Waals surface area contributed by atoms with E-state index >= 15 is 0 Å². The lowest BCUT2D eigenvalue weighted by atomic mass is 9.88. The Morgan fingerprint density at radius 2 is 0.976 bits per heavy atom. The maximum Gasteiger partial charge on any atom is 0.407 e. The Labute approximate surface area is 489 Å². The molecular weight excluding hydrogens is 1070 g/mol. The highest BCUT2D eigenvalue weighted by atomic mass is 31.1. The van der Waals surface area contributed by atoms with Crippen molar-refractivity contribution in [2.45, 2.75) is 136 Å². The van der Waals surface area contributed by atoms with Crippen LogP contribution in [-0.2, 0) is 65.5 Å². The van der Waals surface area contributed by atoms with E-state index in [2.05, 4.69) is 26.6 Å². The van der Waals surface area contributed by atoms with Crippen LogP contribution in [0.2, 0.25) is 0 Å². The van der Waals surface area contributed by atoms with Crippen LogP contribution in [0.3, 0.4) is 0 Å². The van der Waals surface area contributed by atoms with E-state index in [-0.39, 0.29) is 100 Å². The minimum Gasteiger partial charge on any atom is -0.449 e. The average molecular weight is 1150 g/mol. The number of hydrogen-bond acceptors (Lipinski definition) is 12. The molecular formula is C64H79BN5O12P.